The Balaban J connectivity index is 0.00000267. The van der Waals surface area contributed by atoms with Gasteiger partial charge in [-0.25, -0.2) is 0 Å². The summed E-state index contributed by atoms with van der Waals surface area (Å²) in [5.74, 6) is 6.74. The van der Waals surface area contributed by atoms with E-state index in [1.54, 1.807) is 12.1 Å². The lowest BCUT2D eigenvalue weighted by molar-refractivity contribution is -0.914. The molecule has 1 aromatic carbocycles. The second kappa shape index (κ2) is 15.2. The van der Waals surface area contributed by atoms with Crippen molar-refractivity contribution in [2.75, 3.05) is 67.1 Å². The molecule has 0 aliphatic carbocycles. The van der Waals surface area contributed by atoms with Gasteiger partial charge >= 0.3 is 0 Å². The van der Waals surface area contributed by atoms with Crippen LogP contribution in [0, 0.1) is 11.8 Å². The molecule has 0 unspecified atom stereocenters. The van der Waals surface area contributed by atoms with Gasteiger partial charge in [-0.1, -0.05) is 23.2 Å². The van der Waals surface area contributed by atoms with Crippen LogP contribution in [0.15, 0.2) is 29.4 Å². The third-order valence-corrected chi connectivity index (χ3v) is 7.92. The monoisotopic (exact) mass is 668 g/mol. The maximum Gasteiger partial charge on any atom is 0.261 e. The number of amides is 2. The van der Waals surface area contributed by atoms with Crippen molar-refractivity contribution in [3.05, 3.63) is 35.4 Å². The van der Waals surface area contributed by atoms with E-state index in [4.69, 9.17) is 9.57 Å². The van der Waals surface area contributed by atoms with E-state index < -0.39 is 0 Å². The van der Waals surface area contributed by atoms with E-state index in [1.165, 1.54) is 30.6 Å². The number of likely N-dealkylation sites (tertiary alicyclic amines) is 1. The number of benzene rings is 1. The standard InChI is InChI=1S/C29H42N4O4.2BrH/c1-32(2,18-10-11-22-36-27-16-23-37-30-27)17-8-4-5-9-19-33(3)20-14-24(15-21-33)31-28(34)25-12-6-7-13-26(25)29(31)35;;/h6-7,12-13,24H,4-5,8-9,14-23H2,1-3H3;2*1H/q+2;;/p-2. The molecule has 0 aromatic heterocycles. The molecule has 0 radical (unpaired) electrons. The van der Waals surface area contributed by atoms with Crippen LogP contribution in [0.25, 0.3) is 0 Å². The molecule has 4 rings (SSSR count). The maximum atomic E-state index is 12.8. The topological polar surface area (TPSA) is 68.2 Å². The van der Waals surface area contributed by atoms with Gasteiger partial charge in [0, 0.05) is 12.8 Å². The Morgan fingerprint density at radius 1 is 1.03 bits per heavy atom. The van der Waals surface area contributed by atoms with Crippen LogP contribution >= 0.6 is 0 Å². The highest BCUT2D eigenvalue weighted by molar-refractivity contribution is 6.21. The van der Waals surface area contributed by atoms with Gasteiger partial charge in [-0.15, -0.1) is 0 Å². The smallest absolute Gasteiger partial charge is 0.261 e. The summed E-state index contributed by atoms with van der Waals surface area (Å²) < 4.78 is 7.40. The molecule has 39 heavy (non-hydrogen) atoms. The van der Waals surface area contributed by atoms with Crippen molar-refractivity contribution in [2.45, 2.75) is 51.0 Å². The summed E-state index contributed by atoms with van der Waals surface area (Å²) in [6.07, 6.45) is 7.40. The predicted molar refractivity (Wildman–Crippen MR) is 143 cm³/mol. The normalized spacial score (nSPS) is 22.1. The molecule has 3 aliphatic rings. The summed E-state index contributed by atoms with van der Waals surface area (Å²) in [6.45, 7) is 6.10. The largest absolute Gasteiger partial charge is 1.00 e. The molecule has 3 aliphatic heterocycles. The third kappa shape index (κ3) is 9.04. The van der Waals surface area contributed by atoms with Crippen LogP contribution in [0.5, 0.6) is 0 Å². The molecule has 216 valence electrons. The van der Waals surface area contributed by atoms with Crippen LogP contribution in [-0.4, -0.2) is 105 Å². The van der Waals surface area contributed by atoms with E-state index >= 15 is 0 Å². The zero-order valence-electron chi connectivity index (χ0n) is 23.5. The molecule has 0 N–H and O–H groups in total. The van der Waals surface area contributed by atoms with Gasteiger partial charge in [-0.2, -0.15) is 0 Å². The van der Waals surface area contributed by atoms with Crippen LogP contribution in [0.3, 0.4) is 0 Å². The summed E-state index contributed by atoms with van der Waals surface area (Å²) in [6, 6.07) is 7.23. The number of imide groups is 1. The molecule has 8 nitrogen and oxygen atoms in total. The van der Waals surface area contributed by atoms with Gasteiger partial charge in [-0.3, -0.25) is 14.5 Å². The fourth-order valence-electron chi connectivity index (χ4n) is 5.50. The molecule has 1 aromatic rings. The second-order valence-electron chi connectivity index (χ2n) is 11.5. The van der Waals surface area contributed by atoms with Crippen molar-refractivity contribution in [1.82, 2.24) is 4.90 Å². The first-order chi connectivity index (χ1) is 17.8. The first-order valence-electron chi connectivity index (χ1n) is 13.7. The zero-order chi connectivity index (χ0) is 26.3. The average molecular weight is 670 g/mol. The number of halogens is 2. The van der Waals surface area contributed by atoms with Crippen molar-refractivity contribution < 1.29 is 62.1 Å². The molecule has 1 fully saturated rings. The Morgan fingerprint density at radius 2 is 1.67 bits per heavy atom. The quantitative estimate of drug-likeness (QED) is 0.118. The molecule has 10 heteroatoms. The molecule has 0 atom stereocenters. The summed E-state index contributed by atoms with van der Waals surface area (Å²) >= 11 is 0. The summed E-state index contributed by atoms with van der Waals surface area (Å²) in [5, 5.41) is 3.81. The van der Waals surface area contributed by atoms with Crippen molar-refractivity contribution in [3.63, 3.8) is 0 Å². The number of hydrogen-bond acceptors (Lipinski definition) is 5. The van der Waals surface area contributed by atoms with Gasteiger partial charge in [0.2, 0.25) is 5.90 Å². The van der Waals surface area contributed by atoms with E-state index in [-0.39, 0.29) is 51.8 Å². The van der Waals surface area contributed by atoms with E-state index in [9.17, 15) is 9.59 Å². The lowest BCUT2D eigenvalue weighted by Gasteiger charge is -2.42. The van der Waals surface area contributed by atoms with Crippen LogP contribution in [0.4, 0.5) is 0 Å². The number of ether oxygens (including phenoxy) is 1. The maximum absolute atomic E-state index is 12.8. The third-order valence-electron chi connectivity index (χ3n) is 7.92. The number of oxime groups is 1. The minimum absolute atomic E-state index is 0. The number of carbonyl (C=O) groups excluding carboxylic acids is 2. The SMILES string of the molecule is C[N+](C)(CC#CCOC1=NOCC1)CCCCCC[N+]1(C)CCC(N2C(=O)c3ccccc3C2=O)CC1.[Br-].[Br-]. The van der Waals surface area contributed by atoms with Gasteiger partial charge in [0.15, 0.2) is 6.61 Å². The highest BCUT2D eigenvalue weighted by Gasteiger charge is 2.42. The molecule has 0 spiro atoms. The number of quaternary nitrogens is 2. The number of hydrogen-bond donors (Lipinski definition) is 0. The summed E-state index contributed by atoms with van der Waals surface area (Å²) in [7, 11) is 6.79. The van der Waals surface area contributed by atoms with Crippen molar-refractivity contribution >= 4 is 17.7 Å². The molecular formula is C29H42Br2N4O4. The summed E-state index contributed by atoms with van der Waals surface area (Å²) in [4.78, 5) is 32.1. The van der Waals surface area contributed by atoms with Gasteiger partial charge in [0.1, 0.15) is 13.2 Å². The Bertz CT molecular complexity index is 1040. The van der Waals surface area contributed by atoms with Crippen molar-refractivity contribution in [2.24, 2.45) is 5.16 Å². The number of carbonyl (C=O) groups is 2. The number of piperidine rings is 1. The molecule has 3 heterocycles. The van der Waals surface area contributed by atoms with Crippen LogP contribution in [0.2, 0.25) is 0 Å². The first kappa shape index (κ1) is 33.3. The fourth-order valence-corrected chi connectivity index (χ4v) is 5.50. The minimum Gasteiger partial charge on any atom is -1.00 e. The molecule has 0 saturated carbocycles. The lowest BCUT2D eigenvalue weighted by Crippen LogP contribution is -3.00. The van der Waals surface area contributed by atoms with E-state index in [0.29, 0.717) is 30.2 Å². The minimum atomic E-state index is -0.114. The van der Waals surface area contributed by atoms with E-state index in [1.807, 2.05) is 12.1 Å². The number of unbranched alkanes of at least 4 members (excludes halogenated alkanes) is 3. The van der Waals surface area contributed by atoms with Gasteiger partial charge in [0.05, 0.1) is 70.9 Å². The fraction of sp³-hybridized carbons (Fsp3) is 0.621. The lowest BCUT2D eigenvalue weighted by atomic mass is 10.0. The Hall–Kier alpha value is -1.93. The second-order valence-corrected chi connectivity index (χ2v) is 11.5. The number of fused-ring (bicyclic) bond motifs is 1. The highest BCUT2D eigenvalue weighted by atomic mass is 79.9. The Kier molecular flexibility index (Phi) is 12.9. The molecular weight excluding hydrogens is 628 g/mol. The average Bonchev–Trinajstić information content (AvgIpc) is 3.49. The first-order valence-corrected chi connectivity index (χ1v) is 13.7. The Morgan fingerprint density at radius 3 is 2.28 bits per heavy atom. The van der Waals surface area contributed by atoms with Gasteiger partial charge < -0.3 is 52.5 Å². The summed E-state index contributed by atoms with van der Waals surface area (Å²) in [5.41, 5.74) is 1.12. The van der Waals surface area contributed by atoms with Gasteiger partial charge in [-0.05, 0) is 43.7 Å². The van der Waals surface area contributed by atoms with Crippen molar-refractivity contribution in [1.29, 1.82) is 0 Å². The molecule has 2 amide bonds. The van der Waals surface area contributed by atoms with Crippen LogP contribution < -0.4 is 34.0 Å². The van der Waals surface area contributed by atoms with Crippen molar-refractivity contribution in [3.8, 4) is 11.8 Å². The number of rotatable bonds is 10. The molecule has 1 saturated heterocycles. The number of nitrogens with zero attached hydrogens (tertiary/aromatic N) is 4. The van der Waals surface area contributed by atoms with E-state index in [2.05, 4.69) is 38.1 Å². The Labute approximate surface area is 254 Å². The highest BCUT2D eigenvalue weighted by Crippen LogP contribution is 2.30. The predicted octanol–water partition coefficient (Wildman–Crippen LogP) is -2.71. The zero-order valence-corrected chi connectivity index (χ0v) is 26.6. The van der Waals surface area contributed by atoms with Crippen LogP contribution in [0.1, 0.15) is 65.7 Å². The van der Waals surface area contributed by atoms with E-state index in [0.717, 1.165) is 61.0 Å². The molecule has 0 bridgehead atoms. The van der Waals surface area contributed by atoms with Gasteiger partial charge in [0.25, 0.3) is 11.8 Å². The van der Waals surface area contributed by atoms with Crippen LogP contribution in [-0.2, 0) is 9.57 Å².